The van der Waals surface area contributed by atoms with Gasteiger partial charge in [-0.05, 0) is 29.8 Å². The summed E-state index contributed by atoms with van der Waals surface area (Å²) in [5.41, 5.74) is 0.919. The van der Waals surface area contributed by atoms with E-state index in [9.17, 15) is 13.2 Å². The first kappa shape index (κ1) is 19.5. The molecule has 0 bridgehead atoms. The van der Waals surface area contributed by atoms with Gasteiger partial charge >= 0.3 is 6.18 Å². The zero-order chi connectivity index (χ0) is 20.3. The summed E-state index contributed by atoms with van der Waals surface area (Å²) in [7, 11) is 4.47. The minimum absolute atomic E-state index is 0.0785. The predicted octanol–water partition coefficient (Wildman–Crippen LogP) is 4.29. The second-order valence-electron chi connectivity index (χ2n) is 5.82. The number of alkyl halides is 3. The molecule has 6 nitrogen and oxygen atoms in total. The van der Waals surface area contributed by atoms with E-state index in [0.29, 0.717) is 22.6 Å². The number of halogens is 3. The van der Waals surface area contributed by atoms with Gasteiger partial charge in [0, 0.05) is 18.0 Å². The van der Waals surface area contributed by atoms with Crippen LogP contribution in [-0.2, 0) is 12.7 Å². The van der Waals surface area contributed by atoms with E-state index >= 15 is 0 Å². The van der Waals surface area contributed by atoms with Crippen LogP contribution in [0.5, 0.6) is 17.2 Å². The van der Waals surface area contributed by atoms with Crippen molar-refractivity contribution in [2.45, 2.75) is 12.7 Å². The highest BCUT2D eigenvalue weighted by Crippen LogP contribution is 2.32. The van der Waals surface area contributed by atoms with Gasteiger partial charge in [-0.1, -0.05) is 6.07 Å². The lowest BCUT2D eigenvalue weighted by Crippen LogP contribution is -2.13. The summed E-state index contributed by atoms with van der Waals surface area (Å²) < 4.78 is 55.1. The second kappa shape index (κ2) is 7.79. The number of rotatable bonds is 6. The SMILES string of the molecule is COc1ccc2c(NCc3ccc(OC)c(OC)c3)nc(C(F)(F)F)nc2c1. The zero-order valence-electron chi connectivity index (χ0n) is 15.4. The lowest BCUT2D eigenvalue weighted by Gasteiger charge is -2.14. The molecule has 0 unspecified atom stereocenters. The van der Waals surface area contributed by atoms with Crippen molar-refractivity contribution in [2.24, 2.45) is 0 Å². The molecule has 0 radical (unpaired) electrons. The van der Waals surface area contributed by atoms with Gasteiger partial charge in [-0.15, -0.1) is 0 Å². The topological polar surface area (TPSA) is 65.5 Å². The Morgan fingerprint density at radius 1 is 0.893 bits per heavy atom. The Labute approximate surface area is 159 Å². The summed E-state index contributed by atoms with van der Waals surface area (Å²) in [6.45, 7) is 0.232. The van der Waals surface area contributed by atoms with Crippen molar-refractivity contribution < 1.29 is 27.4 Å². The van der Waals surface area contributed by atoms with Crippen LogP contribution in [-0.4, -0.2) is 31.3 Å². The maximum Gasteiger partial charge on any atom is 0.451 e. The van der Waals surface area contributed by atoms with Crippen LogP contribution in [0.2, 0.25) is 0 Å². The summed E-state index contributed by atoms with van der Waals surface area (Å²) in [6.07, 6.45) is -4.67. The summed E-state index contributed by atoms with van der Waals surface area (Å²) >= 11 is 0. The van der Waals surface area contributed by atoms with Crippen LogP contribution in [0.1, 0.15) is 11.4 Å². The van der Waals surface area contributed by atoms with Crippen molar-refractivity contribution in [1.82, 2.24) is 9.97 Å². The first-order chi connectivity index (χ1) is 13.4. The van der Waals surface area contributed by atoms with Crippen LogP contribution >= 0.6 is 0 Å². The maximum atomic E-state index is 13.2. The summed E-state index contributed by atoms with van der Waals surface area (Å²) in [5.74, 6) is 0.350. The van der Waals surface area contributed by atoms with Crippen molar-refractivity contribution in [1.29, 1.82) is 0 Å². The molecule has 0 spiro atoms. The minimum atomic E-state index is -4.67. The Morgan fingerprint density at radius 3 is 2.29 bits per heavy atom. The van der Waals surface area contributed by atoms with Crippen LogP contribution in [0.25, 0.3) is 10.9 Å². The standard InChI is InChI=1S/C19H18F3N3O3/c1-26-12-5-6-13-14(9-12)24-18(19(20,21)22)25-17(13)23-10-11-4-7-15(27-2)16(8-11)28-3/h4-9H,10H2,1-3H3,(H,23,24,25). The minimum Gasteiger partial charge on any atom is -0.497 e. The molecule has 2 aromatic carbocycles. The smallest absolute Gasteiger partial charge is 0.451 e. The quantitative estimate of drug-likeness (QED) is 0.674. The largest absolute Gasteiger partial charge is 0.497 e. The van der Waals surface area contributed by atoms with Crippen molar-refractivity contribution in [3.05, 3.63) is 47.8 Å². The molecule has 3 aromatic rings. The molecule has 0 fully saturated rings. The fraction of sp³-hybridized carbons (Fsp3) is 0.263. The third-order valence-electron chi connectivity index (χ3n) is 4.07. The van der Waals surface area contributed by atoms with E-state index in [1.54, 1.807) is 30.3 Å². The van der Waals surface area contributed by atoms with E-state index in [-0.39, 0.29) is 17.9 Å². The van der Waals surface area contributed by atoms with Gasteiger partial charge in [-0.2, -0.15) is 13.2 Å². The molecule has 0 saturated carbocycles. The van der Waals surface area contributed by atoms with Crippen LogP contribution in [0, 0.1) is 0 Å². The van der Waals surface area contributed by atoms with E-state index in [1.807, 2.05) is 0 Å². The van der Waals surface area contributed by atoms with Crippen LogP contribution in [0.3, 0.4) is 0 Å². The number of methoxy groups -OCH3 is 3. The molecule has 1 N–H and O–H groups in total. The molecule has 148 valence electrons. The number of fused-ring (bicyclic) bond motifs is 1. The first-order valence-corrected chi connectivity index (χ1v) is 8.23. The molecule has 28 heavy (non-hydrogen) atoms. The Balaban J connectivity index is 1.97. The van der Waals surface area contributed by atoms with Gasteiger partial charge in [-0.3, -0.25) is 0 Å². The monoisotopic (exact) mass is 393 g/mol. The fourth-order valence-corrected chi connectivity index (χ4v) is 2.67. The lowest BCUT2D eigenvalue weighted by atomic mass is 10.2. The number of nitrogens with zero attached hydrogens (tertiary/aromatic N) is 2. The summed E-state index contributed by atoms with van der Waals surface area (Å²) in [4.78, 5) is 7.30. The van der Waals surface area contributed by atoms with Crippen molar-refractivity contribution in [3.8, 4) is 17.2 Å². The Kier molecular flexibility index (Phi) is 5.43. The lowest BCUT2D eigenvalue weighted by molar-refractivity contribution is -0.144. The second-order valence-corrected chi connectivity index (χ2v) is 5.82. The third-order valence-corrected chi connectivity index (χ3v) is 4.07. The highest BCUT2D eigenvalue weighted by Gasteiger charge is 2.35. The van der Waals surface area contributed by atoms with Crippen LogP contribution < -0.4 is 19.5 Å². The average molecular weight is 393 g/mol. The van der Waals surface area contributed by atoms with Crippen LogP contribution in [0.4, 0.5) is 19.0 Å². The van der Waals surface area contributed by atoms with Gasteiger partial charge in [0.1, 0.15) is 11.6 Å². The molecule has 0 aliphatic carbocycles. The zero-order valence-corrected chi connectivity index (χ0v) is 15.4. The van der Waals surface area contributed by atoms with E-state index in [4.69, 9.17) is 14.2 Å². The van der Waals surface area contributed by atoms with E-state index in [1.165, 1.54) is 27.4 Å². The normalized spacial score (nSPS) is 11.4. The van der Waals surface area contributed by atoms with Gasteiger partial charge in [0.05, 0.1) is 26.8 Å². The molecule has 0 amide bonds. The predicted molar refractivity (Wildman–Crippen MR) is 98.0 cm³/mol. The molecule has 1 aromatic heterocycles. The van der Waals surface area contributed by atoms with Crippen molar-refractivity contribution in [2.75, 3.05) is 26.6 Å². The molecule has 0 atom stereocenters. The molecular formula is C19H18F3N3O3. The number of hydrogen-bond acceptors (Lipinski definition) is 6. The van der Waals surface area contributed by atoms with Gasteiger partial charge < -0.3 is 19.5 Å². The molecular weight excluding hydrogens is 375 g/mol. The number of benzene rings is 2. The molecule has 3 rings (SSSR count). The Morgan fingerprint density at radius 2 is 1.64 bits per heavy atom. The molecule has 9 heteroatoms. The summed E-state index contributed by atoms with van der Waals surface area (Å²) in [6, 6.07) is 9.94. The van der Waals surface area contributed by atoms with Gasteiger partial charge in [0.2, 0.25) is 5.82 Å². The fourth-order valence-electron chi connectivity index (χ4n) is 2.67. The number of nitrogens with one attached hydrogen (secondary N) is 1. The van der Waals surface area contributed by atoms with E-state index in [2.05, 4.69) is 15.3 Å². The Hall–Kier alpha value is -3.23. The molecule has 0 saturated heterocycles. The molecule has 0 aliphatic heterocycles. The third kappa shape index (κ3) is 4.03. The van der Waals surface area contributed by atoms with E-state index in [0.717, 1.165) is 5.56 Å². The number of aromatic nitrogens is 2. The van der Waals surface area contributed by atoms with Gasteiger partial charge in [0.25, 0.3) is 0 Å². The van der Waals surface area contributed by atoms with Gasteiger partial charge in [-0.25, -0.2) is 9.97 Å². The maximum absolute atomic E-state index is 13.2. The highest BCUT2D eigenvalue weighted by molar-refractivity contribution is 5.90. The van der Waals surface area contributed by atoms with Crippen molar-refractivity contribution in [3.63, 3.8) is 0 Å². The number of anilines is 1. The van der Waals surface area contributed by atoms with Crippen molar-refractivity contribution >= 4 is 16.7 Å². The number of hydrogen-bond donors (Lipinski definition) is 1. The van der Waals surface area contributed by atoms with Gasteiger partial charge in [0.15, 0.2) is 11.5 Å². The number of ether oxygens (including phenoxy) is 3. The first-order valence-electron chi connectivity index (χ1n) is 8.23. The molecule has 1 heterocycles. The van der Waals surface area contributed by atoms with E-state index < -0.39 is 12.0 Å². The van der Waals surface area contributed by atoms with Crippen LogP contribution in [0.15, 0.2) is 36.4 Å². The highest BCUT2D eigenvalue weighted by atomic mass is 19.4. The summed E-state index contributed by atoms with van der Waals surface area (Å²) in [5, 5.41) is 3.41. The Bertz CT molecular complexity index is 993. The molecule has 0 aliphatic rings. The average Bonchev–Trinajstić information content (AvgIpc) is 2.70.